The Morgan fingerprint density at radius 1 is 1.35 bits per heavy atom. The van der Waals surface area contributed by atoms with Gasteiger partial charge >= 0.3 is 0 Å². The summed E-state index contributed by atoms with van der Waals surface area (Å²) in [6, 6.07) is 9.90. The molecule has 3 aromatic rings. The second kappa shape index (κ2) is 7.17. The molecule has 3 heterocycles. The first-order valence-corrected chi connectivity index (χ1v) is 9.79. The highest BCUT2D eigenvalue weighted by atomic mass is 32.1. The molecule has 0 amide bonds. The van der Waals surface area contributed by atoms with Crippen molar-refractivity contribution >= 4 is 21.4 Å². The third kappa shape index (κ3) is 3.24. The van der Waals surface area contributed by atoms with Gasteiger partial charge in [-0.25, -0.2) is 4.98 Å². The van der Waals surface area contributed by atoms with Gasteiger partial charge in [0.2, 0.25) is 10.1 Å². The lowest BCUT2D eigenvalue weighted by atomic mass is 10.0. The SMILES string of the molecule is CCCc1cc(=O)n2nc(N3CCOC(c4ccccc4C)C3)sc2n1. The second-order valence-electron chi connectivity index (χ2n) is 6.58. The molecule has 6 nitrogen and oxygen atoms in total. The Balaban J connectivity index is 1.63. The molecule has 1 aliphatic rings. The Morgan fingerprint density at radius 2 is 2.19 bits per heavy atom. The van der Waals surface area contributed by atoms with Gasteiger partial charge in [-0.2, -0.15) is 4.52 Å². The van der Waals surface area contributed by atoms with Gasteiger partial charge in [0.05, 0.1) is 13.2 Å². The van der Waals surface area contributed by atoms with E-state index >= 15 is 0 Å². The number of aryl methyl sites for hydroxylation is 2. The van der Waals surface area contributed by atoms with Gasteiger partial charge in [0.25, 0.3) is 5.56 Å². The zero-order valence-electron chi connectivity index (χ0n) is 15.0. The monoisotopic (exact) mass is 370 g/mol. The Labute approximate surface area is 156 Å². The lowest BCUT2D eigenvalue weighted by Gasteiger charge is -2.33. The van der Waals surface area contributed by atoms with Crippen LogP contribution in [0.15, 0.2) is 35.1 Å². The van der Waals surface area contributed by atoms with Crippen molar-refractivity contribution in [2.75, 3.05) is 24.6 Å². The number of nitrogens with zero attached hydrogens (tertiary/aromatic N) is 4. The molecule has 0 aliphatic carbocycles. The third-order valence-corrected chi connectivity index (χ3v) is 5.64. The normalized spacial score (nSPS) is 17.8. The average molecular weight is 370 g/mol. The Kier molecular flexibility index (Phi) is 4.74. The van der Waals surface area contributed by atoms with Crippen molar-refractivity contribution in [2.45, 2.75) is 32.8 Å². The summed E-state index contributed by atoms with van der Waals surface area (Å²) in [7, 11) is 0. The first-order valence-electron chi connectivity index (χ1n) is 8.97. The standard InChI is InChI=1S/C19H22N4O2S/c1-3-6-14-11-17(24)23-18(20-14)26-19(21-23)22-9-10-25-16(12-22)15-8-5-4-7-13(15)2/h4-5,7-8,11,16H,3,6,9-10,12H2,1-2H3. The molecular formula is C19H22N4O2S. The van der Waals surface area contributed by atoms with Crippen LogP contribution in [0.3, 0.4) is 0 Å². The smallest absolute Gasteiger partial charge is 0.275 e. The van der Waals surface area contributed by atoms with E-state index in [1.165, 1.54) is 27.0 Å². The van der Waals surface area contributed by atoms with Gasteiger partial charge in [-0.1, -0.05) is 48.9 Å². The third-order valence-electron chi connectivity index (χ3n) is 4.67. The second-order valence-corrected chi connectivity index (χ2v) is 7.51. The zero-order chi connectivity index (χ0) is 18.1. The topological polar surface area (TPSA) is 59.7 Å². The average Bonchev–Trinajstić information content (AvgIpc) is 3.07. The maximum atomic E-state index is 12.3. The number of morpholine rings is 1. The summed E-state index contributed by atoms with van der Waals surface area (Å²) in [5, 5.41) is 5.34. The van der Waals surface area contributed by atoms with Crippen molar-refractivity contribution in [1.82, 2.24) is 14.6 Å². The van der Waals surface area contributed by atoms with Gasteiger partial charge in [0.15, 0.2) is 0 Å². The number of rotatable bonds is 4. The molecule has 0 radical (unpaired) electrons. The van der Waals surface area contributed by atoms with Crippen molar-refractivity contribution in [3.63, 3.8) is 0 Å². The van der Waals surface area contributed by atoms with E-state index < -0.39 is 0 Å². The lowest BCUT2D eigenvalue weighted by Crippen LogP contribution is -2.38. The molecule has 1 fully saturated rings. The summed E-state index contributed by atoms with van der Waals surface area (Å²) in [6.45, 7) is 6.31. The molecule has 26 heavy (non-hydrogen) atoms. The van der Waals surface area contributed by atoms with E-state index in [9.17, 15) is 4.79 Å². The number of hydrogen-bond donors (Lipinski definition) is 0. The van der Waals surface area contributed by atoms with Gasteiger partial charge in [-0.05, 0) is 24.5 Å². The molecule has 0 saturated carbocycles. The molecule has 1 atom stereocenters. The van der Waals surface area contributed by atoms with Gasteiger partial charge in [-0.15, -0.1) is 5.10 Å². The largest absolute Gasteiger partial charge is 0.370 e. The van der Waals surface area contributed by atoms with Gasteiger partial charge in [-0.3, -0.25) is 4.79 Å². The van der Waals surface area contributed by atoms with Crippen LogP contribution in [0.2, 0.25) is 0 Å². The molecular weight excluding hydrogens is 348 g/mol. The Hall–Kier alpha value is -2.25. The molecule has 4 rings (SSSR count). The molecule has 1 unspecified atom stereocenters. The summed E-state index contributed by atoms with van der Waals surface area (Å²) in [6.07, 6.45) is 1.79. The highest BCUT2D eigenvalue weighted by Gasteiger charge is 2.25. The molecule has 1 aliphatic heterocycles. The fourth-order valence-corrected chi connectivity index (χ4v) is 4.28. The van der Waals surface area contributed by atoms with E-state index in [1.807, 2.05) is 12.1 Å². The molecule has 1 saturated heterocycles. The minimum atomic E-state index is -0.107. The van der Waals surface area contributed by atoms with Gasteiger partial charge in [0.1, 0.15) is 6.10 Å². The molecule has 136 valence electrons. The van der Waals surface area contributed by atoms with Crippen LogP contribution in [0.1, 0.15) is 36.3 Å². The van der Waals surface area contributed by atoms with E-state index in [0.717, 1.165) is 36.8 Å². The first-order chi connectivity index (χ1) is 12.7. The minimum absolute atomic E-state index is 0.0114. The maximum absolute atomic E-state index is 12.3. The van der Waals surface area contributed by atoms with Crippen LogP contribution in [0.4, 0.5) is 5.13 Å². The van der Waals surface area contributed by atoms with Crippen molar-refractivity contribution < 1.29 is 4.74 Å². The van der Waals surface area contributed by atoms with Crippen LogP contribution in [-0.4, -0.2) is 34.3 Å². The number of aromatic nitrogens is 3. The highest BCUT2D eigenvalue weighted by molar-refractivity contribution is 7.20. The highest BCUT2D eigenvalue weighted by Crippen LogP contribution is 2.29. The molecule has 0 spiro atoms. The lowest BCUT2D eigenvalue weighted by molar-refractivity contribution is 0.0393. The molecule has 1 aromatic carbocycles. The number of hydrogen-bond acceptors (Lipinski definition) is 6. The molecule has 0 bridgehead atoms. The van der Waals surface area contributed by atoms with Crippen molar-refractivity contribution in [1.29, 1.82) is 0 Å². The molecule has 0 N–H and O–H groups in total. The predicted molar refractivity (Wildman–Crippen MR) is 103 cm³/mol. The summed E-state index contributed by atoms with van der Waals surface area (Å²) < 4.78 is 7.41. The van der Waals surface area contributed by atoms with Crippen LogP contribution in [0, 0.1) is 6.92 Å². The number of anilines is 1. The zero-order valence-corrected chi connectivity index (χ0v) is 15.8. The summed E-state index contributed by atoms with van der Waals surface area (Å²) in [5.41, 5.74) is 3.17. The number of benzene rings is 1. The fraction of sp³-hybridized carbons (Fsp3) is 0.421. The van der Waals surface area contributed by atoms with Crippen molar-refractivity contribution in [3.05, 3.63) is 57.5 Å². The predicted octanol–water partition coefficient (Wildman–Crippen LogP) is 2.99. The minimum Gasteiger partial charge on any atom is -0.370 e. The van der Waals surface area contributed by atoms with Crippen LogP contribution in [0.25, 0.3) is 4.96 Å². The van der Waals surface area contributed by atoms with Crippen molar-refractivity contribution in [2.24, 2.45) is 0 Å². The van der Waals surface area contributed by atoms with Gasteiger partial charge < -0.3 is 9.64 Å². The van der Waals surface area contributed by atoms with E-state index in [1.54, 1.807) is 6.07 Å². The van der Waals surface area contributed by atoms with Crippen LogP contribution >= 0.6 is 11.3 Å². The molecule has 2 aromatic heterocycles. The Morgan fingerprint density at radius 3 is 3.00 bits per heavy atom. The van der Waals surface area contributed by atoms with E-state index in [0.29, 0.717) is 11.6 Å². The van der Waals surface area contributed by atoms with Gasteiger partial charge in [0, 0.05) is 18.3 Å². The fourth-order valence-electron chi connectivity index (χ4n) is 3.32. The maximum Gasteiger partial charge on any atom is 0.275 e. The summed E-state index contributed by atoms with van der Waals surface area (Å²) in [4.78, 5) is 19.8. The number of fused-ring (bicyclic) bond motifs is 1. The summed E-state index contributed by atoms with van der Waals surface area (Å²) >= 11 is 1.47. The van der Waals surface area contributed by atoms with E-state index in [-0.39, 0.29) is 11.7 Å². The van der Waals surface area contributed by atoms with Crippen LogP contribution < -0.4 is 10.5 Å². The first kappa shape index (κ1) is 17.2. The van der Waals surface area contributed by atoms with E-state index in [4.69, 9.17) is 4.74 Å². The van der Waals surface area contributed by atoms with Crippen LogP contribution in [0.5, 0.6) is 0 Å². The number of ether oxygens (including phenoxy) is 1. The molecule has 7 heteroatoms. The summed E-state index contributed by atoms with van der Waals surface area (Å²) in [5.74, 6) is 0. The Bertz CT molecular complexity index is 981. The quantitative estimate of drug-likeness (QED) is 0.707. The van der Waals surface area contributed by atoms with Crippen LogP contribution in [-0.2, 0) is 11.2 Å². The van der Waals surface area contributed by atoms with E-state index in [2.05, 4.69) is 41.0 Å². The van der Waals surface area contributed by atoms with Crippen molar-refractivity contribution in [3.8, 4) is 0 Å².